The standard InChI is InChI=1S/C11H20O4/c1-15-11(14)9(7-12)10(13)8-5-3-2-4-6-8/h8-10,12-13H,2-7H2,1H3. The predicted molar refractivity (Wildman–Crippen MR) is 55.2 cm³/mol. The number of ether oxygens (including phenoxy) is 1. The van der Waals surface area contributed by atoms with Gasteiger partial charge in [-0.2, -0.15) is 0 Å². The van der Waals surface area contributed by atoms with Gasteiger partial charge >= 0.3 is 5.97 Å². The van der Waals surface area contributed by atoms with Crippen LogP contribution in [-0.4, -0.2) is 36.0 Å². The normalized spacial score (nSPS) is 22.1. The van der Waals surface area contributed by atoms with Gasteiger partial charge in [-0.3, -0.25) is 4.79 Å². The Labute approximate surface area is 90.2 Å². The molecule has 2 unspecified atom stereocenters. The molecule has 0 radical (unpaired) electrons. The van der Waals surface area contributed by atoms with Gasteiger partial charge < -0.3 is 14.9 Å². The summed E-state index contributed by atoms with van der Waals surface area (Å²) in [5, 5.41) is 19.0. The lowest BCUT2D eigenvalue weighted by molar-refractivity contribution is -0.153. The molecule has 0 spiro atoms. The number of carbonyl (C=O) groups excluding carboxylic acids is 1. The van der Waals surface area contributed by atoms with E-state index >= 15 is 0 Å². The Hall–Kier alpha value is -0.610. The average Bonchev–Trinajstić information content (AvgIpc) is 2.30. The Kier molecular flexibility index (Phi) is 5.05. The maximum absolute atomic E-state index is 11.3. The molecule has 0 aromatic heterocycles. The summed E-state index contributed by atoms with van der Waals surface area (Å²) in [7, 11) is 1.28. The van der Waals surface area contributed by atoms with Crippen LogP contribution in [0.1, 0.15) is 32.1 Å². The highest BCUT2D eigenvalue weighted by Gasteiger charge is 2.33. The van der Waals surface area contributed by atoms with Crippen LogP contribution in [-0.2, 0) is 9.53 Å². The van der Waals surface area contributed by atoms with Crippen LogP contribution in [0.5, 0.6) is 0 Å². The summed E-state index contributed by atoms with van der Waals surface area (Å²) in [6.07, 6.45) is 4.51. The molecular weight excluding hydrogens is 196 g/mol. The lowest BCUT2D eigenvalue weighted by Crippen LogP contribution is -2.38. The summed E-state index contributed by atoms with van der Waals surface area (Å²) in [4.78, 5) is 11.3. The smallest absolute Gasteiger partial charge is 0.313 e. The molecule has 1 fully saturated rings. The molecule has 1 aliphatic carbocycles. The van der Waals surface area contributed by atoms with Gasteiger partial charge in [-0.15, -0.1) is 0 Å². The third kappa shape index (κ3) is 3.18. The van der Waals surface area contributed by atoms with Crippen molar-refractivity contribution in [3.8, 4) is 0 Å². The monoisotopic (exact) mass is 216 g/mol. The van der Waals surface area contributed by atoms with Gasteiger partial charge in [-0.1, -0.05) is 19.3 Å². The summed E-state index contributed by atoms with van der Waals surface area (Å²) in [5.74, 6) is -1.16. The second-order valence-electron chi connectivity index (χ2n) is 4.20. The molecule has 0 heterocycles. The van der Waals surface area contributed by atoms with Gasteiger partial charge in [0.15, 0.2) is 0 Å². The lowest BCUT2D eigenvalue weighted by atomic mass is 9.80. The first-order valence-corrected chi connectivity index (χ1v) is 5.57. The van der Waals surface area contributed by atoms with Crippen molar-refractivity contribution < 1.29 is 19.7 Å². The Morgan fingerprint density at radius 3 is 2.47 bits per heavy atom. The second-order valence-corrected chi connectivity index (χ2v) is 4.20. The van der Waals surface area contributed by atoms with Gasteiger partial charge in [0, 0.05) is 0 Å². The molecule has 1 rings (SSSR count). The molecule has 0 aromatic carbocycles. The highest BCUT2D eigenvalue weighted by atomic mass is 16.5. The fourth-order valence-corrected chi connectivity index (χ4v) is 2.28. The van der Waals surface area contributed by atoms with Crippen LogP contribution in [0.3, 0.4) is 0 Å². The second kappa shape index (κ2) is 6.08. The minimum absolute atomic E-state index is 0.134. The first kappa shape index (κ1) is 12.5. The third-order valence-corrected chi connectivity index (χ3v) is 3.25. The molecular formula is C11H20O4. The molecule has 15 heavy (non-hydrogen) atoms. The molecule has 1 saturated carbocycles. The molecule has 1 aliphatic rings. The maximum Gasteiger partial charge on any atom is 0.313 e. The fraction of sp³-hybridized carbons (Fsp3) is 0.909. The molecule has 0 saturated heterocycles. The Morgan fingerprint density at radius 1 is 1.40 bits per heavy atom. The molecule has 0 bridgehead atoms. The minimum atomic E-state index is -0.780. The zero-order valence-electron chi connectivity index (χ0n) is 9.19. The summed E-state index contributed by atoms with van der Waals surface area (Å²) in [5.41, 5.74) is 0. The fourth-order valence-electron chi connectivity index (χ4n) is 2.28. The van der Waals surface area contributed by atoms with Crippen LogP contribution in [0.15, 0.2) is 0 Å². The van der Waals surface area contributed by atoms with E-state index in [4.69, 9.17) is 5.11 Å². The van der Waals surface area contributed by atoms with Gasteiger partial charge in [0.2, 0.25) is 0 Å². The van der Waals surface area contributed by atoms with Crippen LogP contribution >= 0.6 is 0 Å². The maximum atomic E-state index is 11.3. The SMILES string of the molecule is COC(=O)C(CO)C(O)C1CCCCC1. The molecule has 0 aliphatic heterocycles. The van der Waals surface area contributed by atoms with Gasteiger partial charge in [0.1, 0.15) is 5.92 Å². The van der Waals surface area contributed by atoms with Crippen molar-refractivity contribution in [2.24, 2.45) is 11.8 Å². The summed E-state index contributed by atoms with van der Waals surface area (Å²) in [6.45, 7) is -0.343. The van der Waals surface area contributed by atoms with E-state index in [9.17, 15) is 9.90 Å². The van der Waals surface area contributed by atoms with E-state index in [0.29, 0.717) is 0 Å². The molecule has 88 valence electrons. The van der Waals surface area contributed by atoms with Crippen molar-refractivity contribution in [3.05, 3.63) is 0 Å². The highest BCUT2D eigenvalue weighted by molar-refractivity contribution is 5.73. The van der Waals surface area contributed by atoms with Gasteiger partial charge in [-0.25, -0.2) is 0 Å². The molecule has 4 nitrogen and oxygen atoms in total. The zero-order chi connectivity index (χ0) is 11.3. The number of rotatable bonds is 4. The van der Waals surface area contributed by atoms with Crippen LogP contribution in [0.2, 0.25) is 0 Å². The number of aliphatic hydroxyl groups is 2. The topological polar surface area (TPSA) is 66.8 Å². The molecule has 2 atom stereocenters. The summed E-state index contributed by atoms with van der Waals surface area (Å²) < 4.78 is 4.56. The van der Waals surface area contributed by atoms with Crippen LogP contribution < -0.4 is 0 Å². The van der Waals surface area contributed by atoms with Gasteiger partial charge in [-0.05, 0) is 18.8 Å². The van der Waals surface area contributed by atoms with E-state index < -0.39 is 18.0 Å². The van der Waals surface area contributed by atoms with Crippen molar-refractivity contribution in [1.29, 1.82) is 0 Å². The number of hydrogen-bond acceptors (Lipinski definition) is 4. The van der Waals surface area contributed by atoms with Crippen LogP contribution in [0, 0.1) is 11.8 Å². The minimum Gasteiger partial charge on any atom is -0.469 e. The summed E-state index contributed by atoms with van der Waals surface area (Å²) >= 11 is 0. The van der Waals surface area contributed by atoms with Crippen molar-refractivity contribution in [1.82, 2.24) is 0 Å². The zero-order valence-corrected chi connectivity index (χ0v) is 9.19. The molecule has 4 heteroatoms. The Balaban J connectivity index is 2.54. The van der Waals surface area contributed by atoms with Gasteiger partial charge in [0.25, 0.3) is 0 Å². The van der Waals surface area contributed by atoms with E-state index in [0.717, 1.165) is 25.7 Å². The van der Waals surface area contributed by atoms with Crippen molar-refractivity contribution in [2.75, 3.05) is 13.7 Å². The molecule has 2 N–H and O–H groups in total. The van der Waals surface area contributed by atoms with Crippen LogP contribution in [0.4, 0.5) is 0 Å². The highest BCUT2D eigenvalue weighted by Crippen LogP contribution is 2.29. The first-order valence-electron chi connectivity index (χ1n) is 5.57. The number of esters is 1. The van der Waals surface area contributed by atoms with Crippen LogP contribution in [0.25, 0.3) is 0 Å². The molecule has 0 aromatic rings. The van der Waals surface area contributed by atoms with E-state index in [1.165, 1.54) is 13.5 Å². The number of methoxy groups -OCH3 is 1. The lowest BCUT2D eigenvalue weighted by Gasteiger charge is -2.30. The predicted octanol–water partition coefficient (Wildman–Crippen LogP) is 0.709. The quantitative estimate of drug-likeness (QED) is 0.679. The van der Waals surface area contributed by atoms with Crippen molar-refractivity contribution in [3.63, 3.8) is 0 Å². The average molecular weight is 216 g/mol. The number of hydrogen-bond donors (Lipinski definition) is 2. The van der Waals surface area contributed by atoms with Crippen molar-refractivity contribution in [2.45, 2.75) is 38.2 Å². The van der Waals surface area contributed by atoms with Gasteiger partial charge in [0.05, 0.1) is 19.8 Å². The third-order valence-electron chi connectivity index (χ3n) is 3.25. The Bertz CT molecular complexity index is 199. The number of carbonyl (C=O) groups is 1. The van der Waals surface area contributed by atoms with E-state index in [-0.39, 0.29) is 12.5 Å². The largest absolute Gasteiger partial charge is 0.469 e. The van der Waals surface area contributed by atoms with E-state index in [2.05, 4.69) is 4.74 Å². The Morgan fingerprint density at radius 2 is 2.00 bits per heavy atom. The van der Waals surface area contributed by atoms with E-state index in [1.807, 2.05) is 0 Å². The first-order chi connectivity index (χ1) is 7.20. The van der Waals surface area contributed by atoms with Crippen molar-refractivity contribution >= 4 is 5.97 Å². The summed E-state index contributed by atoms with van der Waals surface area (Å²) in [6, 6.07) is 0. The number of aliphatic hydroxyl groups excluding tert-OH is 2. The molecule has 0 amide bonds. The van der Waals surface area contributed by atoms with E-state index in [1.54, 1.807) is 0 Å².